The van der Waals surface area contributed by atoms with Crippen molar-refractivity contribution in [1.29, 1.82) is 0 Å². The molecule has 2 nitrogen and oxygen atoms in total. The van der Waals surface area contributed by atoms with Crippen LogP contribution in [0.4, 0.5) is 4.70 Å². The first kappa shape index (κ1) is 13.1. The maximum Gasteiger partial charge on any atom is 0.0945 e. The van der Waals surface area contributed by atoms with Crippen molar-refractivity contribution < 1.29 is 46.5 Å². The molecule has 1 aromatic heterocycles. The number of halogens is 1. The predicted octanol–water partition coefficient (Wildman–Crippen LogP) is 1.71. The van der Waals surface area contributed by atoms with E-state index in [2.05, 4.69) is 16.5 Å². The quantitative estimate of drug-likeness (QED) is 0.799. The SMILES string of the molecule is CCCn1ccnc1.[Ce].[F]. The molecule has 0 bridgehead atoms. The summed E-state index contributed by atoms with van der Waals surface area (Å²) >= 11 is 0. The van der Waals surface area contributed by atoms with Crippen LogP contribution in [0.1, 0.15) is 13.3 Å². The standard InChI is InChI=1S/C6H10N2.Ce.F/c1-2-4-8-5-3-7-6-8;;/h3,5-6H,2,4H2,1H3;;. The molecule has 1 rings (SSSR count). The predicted molar refractivity (Wildman–Crippen MR) is 33.6 cm³/mol. The fourth-order valence-corrected chi connectivity index (χ4v) is 0.677. The normalized spacial score (nSPS) is 7.70. The van der Waals surface area contributed by atoms with Crippen LogP contribution >= 0.6 is 0 Å². The van der Waals surface area contributed by atoms with Gasteiger partial charge in [0.25, 0.3) is 0 Å². The van der Waals surface area contributed by atoms with E-state index < -0.39 is 0 Å². The van der Waals surface area contributed by atoms with Crippen LogP contribution in [0.3, 0.4) is 0 Å². The zero-order chi connectivity index (χ0) is 5.82. The fraction of sp³-hybridized carbons (Fsp3) is 0.500. The van der Waals surface area contributed by atoms with E-state index in [9.17, 15) is 0 Å². The maximum atomic E-state index is 3.90. The van der Waals surface area contributed by atoms with Gasteiger partial charge in [-0.05, 0) is 6.42 Å². The number of aromatic nitrogens is 2. The minimum Gasteiger partial charge on any atom is -0.338 e. The zero-order valence-electron chi connectivity index (χ0n) is 5.92. The summed E-state index contributed by atoms with van der Waals surface area (Å²) in [4.78, 5) is 3.90. The molecule has 0 aliphatic heterocycles. The summed E-state index contributed by atoms with van der Waals surface area (Å²) in [5.41, 5.74) is 0. The molecule has 0 aliphatic rings. The van der Waals surface area contributed by atoms with E-state index in [1.807, 2.05) is 12.5 Å². The molecule has 1 aromatic rings. The van der Waals surface area contributed by atoms with Gasteiger partial charge in [-0.15, -0.1) is 0 Å². The molecule has 0 amide bonds. The smallest absolute Gasteiger partial charge is 0.0945 e. The molecular weight excluding hydrogens is 259 g/mol. The number of nitrogens with zero attached hydrogens (tertiary/aromatic N) is 2. The van der Waals surface area contributed by atoms with Gasteiger partial charge in [-0.1, -0.05) is 6.92 Å². The molecule has 1 heterocycles. The molecule has 10 heavy (non-hydrogen) atoms. The summed E-state index contributed by atoms with van der Waals surface area (Å²) in [6.07, 6.45) is 6.79. The summed E-state index contributed by atoms with van der Waals surface area (Å²) < 4.78 is 2.07. The second kappa shape index (κ2) is 7.62. The summed E-state index contributed by atoms with van der Waals surface area (Å²) in [6.45, 7) is 3.24. The third-order valence-corrected chi connectivity index (χ3v) is 1.04. The Kier molecular flexibility index (Phi) is 10.0. The molecule has 0 spiro atoms. The number of imidazole rings is 1. The summed E-state index contributed by atoms with van der Waals surface area (Å²) in [6, 6.07) is 0. The van der Waals surface area contributed by atoms with Crippen LogP contribution < -0.4 is 0 Å². The third-order valence-electron chi connectivity index (χ3n) is 1.04. The monoisotopic (exact) mass is 269 g/mol. The van der Waals surface area contributed by atoms with Gasteiger partial charge in [-0.2, -0.15) is 0 Å². The van der Waals surface area contributed by atoms with Crippen LogP contribution in [-0.4, -0.2) is 9.55 Å². The van der Waals surface area contributed by atoms with Crippen molar-refractivity contribution in [2.24, 2.45) is 0 Å². The Hall–Kier alpha value is 0.517. The van der Waals surface area contributed by atoms with Gasteiger partial charge in [0.15, 0.2) is 0 Å². The van der Waals surface area contributed by atoms with E-state index >= 15 is 0 Å². The summed E-state index contributed by atoms with van der Waals surface area (Å²) in [5, 5.41) is 0. The Morgan fingerprint density at radius 1 is 1.50 bits per heavy atom. The van der Waals surface area contributed by atoms with Crippen LogP contribution in [-0.2, 0) is 6.54 Å². The topological polar surface area (TPSA) is 17.8 Å². The van der Waals surface area contributed by atoms with Gasteiger partial charge in [0.1, 0.15) is 0 Å². The summed E-state index contributed by atoms with van der Waals surface area (Å²) in [7, 11) is 0. The van der Waals surface area contributed by atoms with E-state index in [1.165, 1.54) is 6.42 Å². The summed E-state index contributed by atoms with van der Waals surface area (Å²) in [5.74, 6) is 0. The molecule has 0 aliphatic carbocycles. The third kappa shape index (κ3) is 4.35. The molecule has 0 atom stereocenters. The molecule has 4 heteroatoms. The first-order valence-corrected chi connectivity index (χ1v) is 2.89. The van der Waals surface area contributed by atoms with Gasteiger partial charge >= 0.3 is 0 Å². The molecule has 0 N–H and O–H groups in total. The van der Waals surface area contributed by atoms with Gasteiger partial charge in [0.2, 0.25) is 0 Å². The Balaban J connectivity index is 0. The average Bonchev–Trinajstić information content (AvgIpc) is 2.19. The van der Waals surface area contributed by atoms with Crippen molar-refractivity contribution >= 4 is 0 Å². The van der Waals surface area contributed by atoms with E-state index in [-0.39, 0.29) is 46.5 Å². The van der Waals surface area contributed by atoms with Gasteiger partial charge in [0.05, 0.1) is 6.33 Å². The largest absolute Gasteiger partial charge is 0.338 e. The molecule has 0 saturated heterocycles. The van der Waals surface area contributed by atoms with Crippen molar-refractivity contribution in [3.05, 3.63) is 18.7 Å². The van der Waals surface area contributed by atoms with E-state index in [1.54, 1.807) is 6.20 Å². The minimum atomic E-state index is 0. The molecule has 55 valence electrons. The molecule has 0 fully saturated rings. The zero-order valence-corrected chi connectivity index (χ0v) is 9.06. The number of rotatable bonds is 2. The van der Waals surface area contributed by atoms with Crippen molar-refractivity contribution in [3.63, 3.8) is 0 Å². The van der Waals surface area contributed by atoms with Crippen molar-refractivity contribution in [3.8, 4) is 0 Å². The van der Waals surface area contributed by atoms with Crippen LogP contribution in [0.5, 0.6) is 0 Å². The molecule has 1 radical (unpaired) electrons. The van der Waals surface area contributed by atoms with Gasteiger partial charge < -0.3 is 4.57 Å². The van der Waals surface area contributed by atoms with Crippen LogP contribution in [0, 0.1) is 41.7 Å². The molecule has 0 unspecified atom stereocenters. The number of hydrogen-bond acceptors (Lipinski definition) is 1. The number of hydrogen-bond donors (Lipinski definition) is 0. The van der Waals surface area contributed by atoms with Gasteiger partial charge in [-0.3, -0.25) is 0 Å². The van der Waals surface area contributed by atoms with Crippen LogP contribution in [0.2, 0.25) is 0 Å². The number of aryl methyl sites for hydroxylation is 1. The average molecular weight is 269 g/mol. The first-order chi connectivity index (χ1) is 3.93. The Bertz CT molecular complexity index is 141. The Morgan fingerprint density at radius 3 is 2.60 bits per heavy atom. The molecular formula is C6H10CeFN2. The fourth-order valence-electron chi connectivity index (χ4n) is 0.677. The van der Waals surface area contributed by atoms with E-state index in [0.717, 1.165) is 6.54 Å². The van der Waals surface area contributed by atoms with Gasteiger partial charge in [0, 0.05) is 65.4 Å². The second-order valence-electron chi connectivity index (χ2n) is 1.80. The Labute approximate surface area is 93.8 Å². The van der Waals surface area contributed by atoms with Crippen LogP contribution in [0.25, 0.3) is 0 Å². The Morgan fingerprint density at radius 2 is 2.20 bits per heavy atom. The van der Waals surface area contributed by atoms with Crippen molar-refractivity contribution in [2.75, 3.05) is 0 Å². The second-order valence-corrected chi connectivity index (χ2v) is 1.80. The van der Waals surface area contributed by atoms with Crippen molar-refractivity contribution in [2.45, 2.75) is 19.9 Å². The van der Waals surface area contributed by atoms with E-state index in [0.29, 0.717) is 0 Å². The molecule has 0 aromatic carbocycles. The van der Waals surface area contributed by atoms with Crippen molar-refractivity contribution in [1.82, 2.24) is 9.55 Å². The first-order valence-electron chi connectivity index (χ1n) is 2.89. The van der Waals surface area contributed by atoms with E-state index in [4.69, 9.17) is 0 Å². The molecule has 0 saturated carbocycles. The van der Waals surface area contributed by atoms with Gasteiger partial charge in [-0.25, -0.2) is 4.98 Å². The minimum absolute atomic E-state index is 0. The van der Waals surface area contributed by atoms with Crippen LogP contribution in [0.15, 0.2) is 18.7 Å². The maximum absolute atomic E-state index is 3.90.